The van der Waals surface area contributed by atoms with Gasteiger partial charge in [0.15, 0.2) is 0 Å². The predicted molar refractivity (Wildman–Crippen MR) is 136 cm³/mol. The third-order valence-electron chi connectivity index (χ3n) is 5.92. The van der Waals surface area contributed by atoms with Gasteiger partial charge in [0.1, 0.15) is 5.60 Å². The van der Waals surface area contributed by atoms with Crippen molar-refractivity contribution in [1.29, 1.82) is 0 Å². The van der Waals surface area contributed by atoms with Crippen molar-refractivity contribution in [3.8, 4) is 0 Å². The summed E-state index contributed by atoms with van der Waals surface area (Å²) >= 11 is 0. The number of benzene rings is 2. The molecule has 0 heterocycles. The Morgan fingerprint density at radius 2 is 1.79 bits per heavy atom. The Bertz CT molecular complexity index is 1040. The summed E-state index contributed by atoms with van der Waals surface area (Å²) in [6.45, 7) is 6.26. The van der Waals surface area contributed by atoms with Crippen LogP contribution in [0.2, 0.25) is 0 Å². The minimum atomic E-state index is -0.563. The average Bonchev–Trinajstić information content (AvgIpc) is 3.19. The van der Waals surface area contributed by atoms with Gasteiger partial charge in [0.2, 0.25) is 0 Å². The molecule has 1 atom stereocenters. The summed E-state index contributed by atoms with van der Waals surface area (Å²) in [4.78, 5) is 28.6. The van der Waals surface area contributed by atoms with E-state index in [0.29, 0.717) is 6.54 Å². The quantitative estimate of drug-likeness (QED) is 0.405. The van der Waals surface area contributed by atoms with E-state index in [1.807, 2.05) is 45.8 Å². The van der Waals surface area contributed by atoms with Gasteiger partial charge in [-0.25, -0.2) is 9.59 Å². The van der Waals surface area contributed by atoms with Crippen LogP contribution in [0.25, 0.3) is 6.08 Å². The highest BCUT2D eigenvalue weighted by molar-refractivity contribution is 5.87. The lowest BCUT2D eigenvalue weighted by Gasteiger charge is -2.32. The van der Waals surface area contributed by atoms with Gasteiger partial charge in [-0.15, -0.1) is 0 Å². The van der Waals surface area contributed by atoms with E-state index in [1.165, 1.54) is 24.3 Å². The van der Waals surface area contributed by atoms with E-state index in [2.05, 4.69) is 46.0 Å². The van der Waals surface area contributed by atoms with Gasteiger partial charge >= 0.3 is 12.1 Å². The number of nitrogens with zero attached hydrogens (tertiary/aromatic N) is 2. The van der Waals surface area contributed by atoms with E-state index in [-0.39, 0.29) is 18.1 Å². The van der Waals surface area contributed by atoms with E-state index >= 15 is 0 Å². The van der Waals surface area contributed by atoms with Crippen LogP contribution in [-0.4, -0.2) is 50.3 Å². The molecule has 0 saturated carbocycles. The maximum atomic E-state index is 13.2. The molecule has 0 aromatic heterocycles. The van der Waals surface area contributed by atoms with Crippen LogP contribution in [0.5, 0.6) is 0 Å². The zero-order chi connectivity index (χ0) is 24.9. The Morgan fingerprint density at radius 3 is 2.41 bits per heavy atom. The second kappa shape index (κ2) is 10.8. The molecule has 0 aliphatic heterocycles. The number of ether oxygens (including phenoxy) is 2. The van der Waals surface area contributed by atoms with Gasteiger partial charge in [0.05, 0.1) is 13.2 Å². The summed E-state index contributed by atoms with van der Waals surface area (Å²) in [5.74, 6) is -0.381. The zero-order valence-electron chi connectivity index (χ0n) is 21.1. The van der Waals surface area contributed by atoms with Gasteiger partial charge in [0.25, 0.3) is 0 Å². The van der Waals surface area contributed by atoms with E-state index in [9.17, 15) is 9.59 Å². The van der Waals surface area contributed by atoms with Crippen molar-refractivity contribution < 1.29 is 19.1 Å². The normalized spacial score (nSPS) is 15.2. The molecular formula is C28H36N2O4. The number of anilines is 1. The van der Waals surface area contributed by atoms with Crippen molar-refractivity contribution in [2.45, 2.75) is 51.7 Å². The molecule has 6 heteroatoms. The SMILES string of the molecule is COC(=O)/C=C/c1ccc2c(c1)CCC2N(CCc1ccc(N(C)C)cc1)C(=O)OC(C)(C)C. The molecule has 0 radical (unpaired) electrons. The van der Waals surface area contributed by atoms with Gasteiger partial charge in [0, 0.05) is 32.4 Å². The molecule has 2 aromatic rings. The first-order chi connectivity index (χ1) is 16.1. The molecule has 6 nitrogen and oxygen atoms in total. The second-order valence-electron chi connectivity index (χ2n) is 9.85. The largest absolute Gasteiger partial charge is 0.466 e. The van der Waals surface area contributed by atoms with E-state index in [0.717, 1.165) is 36.1 Å². The van der Waals surface area contributed by atoms with Crippen molar-refractivity contribution in [2.24, 2.45) is 0 Å². The Morgan fingerprint density at radius 1 is 1.09 bits per heavy atom. The fourth-order valence-corrected chi connectivity index (χ4v) is 4.18. The van der Waals surface area contributed by atoms with Gasteiger partial charge < -0.3 is 19.3 Å². The third kappa shape index (κ3) is 6.62. The smallest absolute Gasteiger partial charge is 0.410 e. The molecule has 3 rings (SSSR count). The number of hydrogen-bond donors (Lipinski definition) is 0. The highest BCUT2D eigenvalue weighted by Crippen LogP contribution is 2.37. The highest BCUT2D eigenvalue weighted by atomic mass is 16.6. The van der Waals surface area contributed by atoms with Crippen molar-refractivity contribution in [1.82, 2.24) is 4.90 Å². The van der Waals surface area contributed by atoms with Gasteiger partial charge in [-0.1, -0.05) is 30.3 Å². The summed E-state index contributed by atoms with van der Waals surface area (Å²) < 4.78 is 10.5. The summed E-state index contributed by atoms with van der Waals surface area (Å²) in [7, 11) is 5.41. The topological polar surface area (TPSA) is 59.1 Å². The highest BCUT2D eigenvalue weighted by Gasteiger charge is 2.33. The van der Waals surface area contributed by atoms with Crippen LogP contribution >= 0.6 is 0 Å². The lowest BCUT2D eigenvalue weighted by atomic mass is 10.0. The molecular weight excluding hydrogens is 428 g/mol. The van der Waals surface area contributed by atoms with Gasteiger partial charge in [-0.2, -0.15) is 0 Å². The lowest BCUT2D eigenvalue weighted by Crippen LogP contribution is -2.40. The number of carbonyl (C=O) groups excluding carboxylic acids is 2. The molecule has 1 unspecified atom stereocenters. The molecule has 1 aliphatic rings. The first-order valence-electron chi connectivity index (χ1n) is 11.7. The van der Waals surface area contributed by atoms with Crippen LogP contribution in [0.3, 0.4) is 0 Å². The molecule has 0 N–H and O–H groups in total. The summed E-state index contributed by atoms with van der Waals surface area (Å²) in [5.41, 5.74) is 5.04. The number of hydrogen-bond acceptors (Lipinski definition) is 5. The minimum Gasteiger partial charge on any atom is -0.466 e. The number of fused-ring (bicyclic) bond motifs is 1. The fraction of sp³-hybridized carbons (Fsp3) is 0.429. The van der Waals surface area contributed by atoms with Crippen LogP contribution in [0.1, 0.15) is 55.5 Å². The van der Waals surface area contributed by atoms with Crippen LogP contribution in [0.15, 0.2) is 48.5 Å². The maximum Gasteiger partial charge on any atom is 0.410 e. The van der Waals surface area contributed by atoms with Gasteiger partial charge in [-0.3, -0.25) is 0 Å². The summed E-state index contributed by atoms with van der Waals surface area (Å²) in [6.07, 6.45) is 5.35. The summed E-state index contributed by atoms with van der Waals surface area (Å²) in [6, 6.07) is 14.5. The number of esters is 1. The molecule has 0 spiro atoms. The zero-order valence-corrected chi connectivity index (χ0v) is 21.1. The fourth-order valence-electron chi connectivity index (χ4n) is 4.18. The first-order valence-corrected chi connectivity index (χ1v) is 11.7. The minimum absolute atomic E-state index is 0.0375. The average molecular weight is 465 g/mol. The molecule has 1 aliphatic carbocycles. The predicted octanol–water partition coefficient (Wildman–Crippen LogP) is 5.41. The van der Waals surface area contributed by atoms with E-state index in [1.54, 1.807) is 6.08 Å². The molecule has 34 heavy (non-hydrogen) atoms. The molecule has 182 valence electrons. The molecule has 1 amide bonds. The van der Waals surface area contributed by atoms with Crippen LogP contribution in [0.4, 0.5) is 10.5 Å². The van der Waals surface area contributed by atoms with Crippen molar-refractivity contribution >= 4 is 23.8 Å². The number of aryl methyl sites for hydroxylation is 1. The molecule has 0 fully saturated rings. The number of methoxy groups -OCH3 is 1. The monoisotopic (exact) mass is 464 g/mol. The van der Waals surface area contributed by atoms with E-state index < -0.39 is 5.60 Å². The second-order valence-corrected chi connectivity index (χ2v) is 9.85. The third-order valence-corrected chi connectivity index (χ3v) is 5.92. The Labute approximate surface area is 203 Å². The van der Waals surface area contributed by atoms with Gasteiger partial charge in [-0.05, 0) is 80.5 Å². The standard InChI is InChI=1S/C28H36N2O4/c1-28(2,3)34-27(32)30(18-17-20-7-12-23(13-8-20)29(4)5)25-15-11-22-19-21(9-14-24(22)25)10-16-26(31)33-6/h7-10,12-14,16,19,25H,11,15,17-18H2,1-6H3/b16-10+. The van der Waals surface area contributed by atoms with Crippen LogP contribution < -0.4 is 4.90 Å². The Hall–Kier alpha value is -3.28. The van der Waals surface area contributed by atoms with Crippen LogP contribution in [0, 0.1) is 0 Å². The van der Waals surface area contributed by atoms with Crippen molar-refractivity contribution in [3.05, 3.63) is 70.8 Å². The Balaban J connectivity index is 1.81. The van der Waals surface area contributed by atoms with Crippen molar-refractivity contribution in [3.63, 3.8) is 0 Å². The maximum absolute atomic E-state index is 13.2. The molecule has 0 bridgehead atoms. The van der Waals surface area contributed by atoms with Crippen molar-refractivity contribution in [2.75, 3.05) is 32.6 Å². The first kappa shape index (κ1) is 25.3. The number of rotatable bonds is 7. The number of carbonyl (C=O) groups is 2. The lowest BCUT2D eigenvalue weighted by molar-refractivity contribution is -0.134. The Kier molecular flexibility index (Phi) is 8.02. The van der Waals surface area contributed by atoms with E-state index in [4.69, 9.17) is 4.74 Å². The number of amides is 1. The van der Waals surface area contributed by atoms with Crippen LogP contribution in [-0.2, 0) is 27.1 Å². The molecule has 2 aromatic carbocycles. The summed E-state index contributed by atoms with van der Waals surface area (Å²) in [5, 5.41) is 0. The molecule has 0 saturated heterocycles.